The van der Waals surface area contributed by atoms with Gasteiger partial charge in [-0.15, -0.1) is 0 Å². The van der Waals surface area contributed by atoms with E-state index in [1.807, 2.05) is 12.4 Å². The highest BCUT2D eigenvalue weighted by Crippen LogP contribution is 2.31. The third-order valence-electron chi connectivity index (χ3n) is 4.94. The van der Waals surface area contributed by atoms with Gasteiger partial charge in [-0.25, -0.2) is 14.8 Å². The predicted molar refractivity (Wildman–Crippen MR) is 102 cm³/mol. The molecule has 2 N–H and O–H groups in total. The number of imidazole rings is 1. The van der Waals surface area contributed by atoms with Gasteiger partial charge in [0.25, 0.3) is 5.91 Å². The fourth-order valence-electron chi connectivity index (χ4n) is 3.30. The number of aliphatic carboxylic acids is 1. The molecule has 0 spiro atoms. The monoisotopic (exact) mass is 440 g/mol. The molecule has 9 nitrogen and oxygen atoms in total. The number of carbonyl (C=O) groups excluding carboxylic acids is 1. The van der Waals surface area contributed by atoms with Gasteiger partial charge >= 0.3 is 12.1 Å². The lowest BCUT2D eigenvalue weighted by atomic mass is 10.1. The molecule has 2 aromatic rings. The van der Waals surface area contributed by atoms with E-state index < -0.39 is 12.1 Å². The van der Waals surface area contributed by atoms with Crippen molar-refractivity contribution in [3.63, 3.8) is 0 Å². The molecule has 2 aliphatic rings. The number of alkyl halides is 3. The normalized spacial score (nSPS) is 18.9. The lowest BCUT2D eigenvalue weighted by molar-refractivity contribution is -0.192. The molecule has 1 aliphatic heterocycles. The minimum atomic E-state index is -5.08. The maximum Gasteiger partial charge on any atom is 0.490 e. The van der Waals surface area contributed by atoms with Crippen molar-refractivity contribution < 1.29 is 27.9 Å². The molecule has 1 atom stereocenters. The number of hydrogen-bond acceptors (Lipinski definition) is 6. The molecule has 1 fully saturated rings. The standard InChI is InChI=1S/C17H22N6O.C2HF3O2/c24-17(15-8-18-3-4-19-15)21-7-14-10-22(9-13-1-2-13)12-16-20-5-6-23(16)11-14;3-2(4,5)1(6)7/h3-6,8,13-14H,1-2,7,9-12H2,(H,21,24);(H,6,7). The SMILES string of the molecule is O=C(NCC1CN(CC2CC2)Cc2nccn2C1)c1cnccn1.O=C(O)C(F)(F)F. The van der Waals surface area contributed by atoms with Crippen LogP contribution in [-0.4, -0.2) is 67.2 Å². The van der Waals surface area contributed by atoms with Gasteiger partial charge in [-0.2, -0.15) is 13.2 Å². The van der Waals surface area contributed by atoms with E-state index in [4.69, 9.17) is 9.90 Å². The molecular weight excluding hydrogens is 417 g/mol. The zero-order valence-corrected chi connectivity index (χ0v) is 16.6. The average Bonchev–Trinajstić information content (AvgIpc) is 3.47. The number of carboxylic acids is 1. The lowest BCUT2D eigenvalue weighted by Gasteiger charge is -2.23. The van der Waals surface area contributed by atoms with Crippen LogP contribution in [0, 0.1) is 11.8 Å². The van der Waals surface area contributed by atoms with Crippen molar-refractivity contribution in [2.24, 2.45) is 11.8 Å². The van der Waals surface area contributed by atoms with Gasteiger partial charge in [-0.05, 0) is 18.8 Å². The first-order valence-electron chi connectivity index (χ1n) is 9.79. The Morgan fingerprint density at radius 1 is 1.13 bits per heavy atom. The third kappa shape index (κ3) is 7.02. The average molecular weight is 440 g/mol. The molecule has 0 radical (unpaired) electrons. The Bertz CT molecular complexity index is 886. The van der Waals surface area contributed by atoms with Gasteiger partial charge in [0.2, 0.25) is 0 Å². The fourth-order valence-corrected chi connectivity index (χ4v) is 3.30. The maximum atomic E-state index is 12.2. The summed E-state index contributed by atoms with van der Waals surface area (Å²) < 4.78 is 34.0. The lowest BCUT2D eigenvalue weighted by Crippen LogP contribution is -2.37. The number of halogens is 3. The molecule has 168 valence electrons. The van der Waals surface area contributed by atoms with E-state index in [2.05, 4.69) is 29.7 Å². The molecule has 1 aliphatic carbocycles. The van der Waals surface area contributed by atoms with E-state index in [-0.39, 0.29) is 5.91 Å². The number of nitrogens with zero attached hydrogens (tertiary/aromatic N) is 5. The number of carbonyl (C=O) groups is 2. The Morgan fingerprint density at radius 3 is 2.48 bits per heavy atom. The highest BCUT2D eigenvalue weighted by molar-refractivity contribution is 5.91. The number of rotatable bonds is 5. The summed E-state index contributed by atoms with van der Waals surface area (Å²) in [6, 6.07) is 0. The minimum Gasteiger partial charge on any atom is -0.475 e. The van der Waals surface area contributed by atoms with Crippen LogP contribution in [0.15, 0.2) is 31.0 Å². The Hall–Kier alpha value is -3.02. The number of fused-ring (bicyclic) bond motifs is 1. The van der Waals surface area contributed by atoms with Crippen molar-refractivity contribution in [2.45, 2.75) is 32.1 Å². The van der Waals surface area contributed by atoms with Crippen molar-refractivity contribution in [3.05, 3.63) is 42.5 Å². The van der Waals surface area contributed by atoms with E-state index in [9.17, 15) is 18.0 Å². The van der Waals surface area contributed by atoms with Crippen molar-refractivity contribution in [3.8, 4) is 0 Å². The van der Waals surface area contributed by atoms with Crippen LogP contribution < -0.4 is 5.32 Å². The molecule has 0 aromatic carbocycles. The van der Waals surface area contributed by atoms with E-state index in [0.29, 0.717) is 18.2 Å². The Balaban J connectivity index is 0.000000339. The van der Waals surface area contributed by atoms with Crippen molar-refractivity contribution in [1.82, 2.24) is 29.7 Å². The van der Waals surface area contributed by atoms with E-state index >= 15 is 0 Å². The summed E-state index contributed by atoms with van der Waals surface area (Å²) in [6.45, 7) is 4.55. The van der Waals surface area contributed by atoms with Crippen LogP contribution in [0.5, 0.6) is 0 Å². The van der Waals surface area contributed by atoms with Gasteiger partial charge in [0.1, 0.15) is 11.5 Å². The Labute approximate surface area is 176 Å². The Kier molecular flexibility index (Phi) is 7.21. The summed E-state index contributed by atoms with van der Waals surface area (Å²) >= 11 is 0. The fraction of sp³-hybridized carbons (Fsp3) is 0.526. The number of hydrogen-bond donors (Lipinski definition) is 2. The highest BCUT2D eigenvalue weighted by atomic mass is 19.4. The second-order valence-corrected chi connectivity index (χ2v) is 7.60. The number of amides is 1. The van der Waals surface area contributed by atoms with Crippen LogP contribution in [-0.2, 0) is 17.9 Å². The molecule has 0 saturated heterocycles. The van der Waals surface area contributed by atoms with Crippen molar-refractivity contribution in [2.75, 3.05) is 19.6 Å². The first-order valence-corrected chi connectivity index (χ1v) is 9.79. The summed E-state index contributed by atoms with van der Waals surface area (Å²) in [5.74, 6) is -0.584. The van der Waals surface area contributed by atoms with Gasteiger partial charge < -0.3 is 15.0 Å². The molecule has 31 heavy (non-hydrogen) atoms. The minimum absolute atomic E-state index is 0.160. The second-order valence-electron chi connectivity index (χ2n) is 7.60. The van der Waals surface area contributed by atoms with Gasteiger partial charge in [-0.1, -0.05) is 0 Å². The molecule has 1 saturated carbocycles. The van der Waals surface area contributed by atoms with Crippen LogP contribution in [0.2, 0.25) is 0 Å². The Morgan fingerprint density at radius 2 is 1.87 bits per heavy atom. The molecule has 1 amide bonds. The molecular formula is C19H23F3N6O3. The largest absolute Gasteiger partial charge is 0.490 e. The van der Waals surface area contributed by atoms with Crippen LogP contribution in [0.1, 0.15) is 29.2 Å². The zero-order chi connectivity index (χ0) is 22.4. The summed E-state index contributed by atoms with van der Waals surface area (Å²) in [6.07, 6.45) is 6.11. The number of aromatic nitrogens is 4. The van der Waals surface area contributed by atoms with E-state index in [1.54, 1.807) is 6.20 Å². The molecule has 3 heterocycles. The topological polar surface area (TPSA) is 113 Å². The highest BCUT2D eigenvalue weighted by Gasteiger charge is 2.38. The van der Waals surface area contributed by atoms with Crippen LogP contribution in [0.25, 0.3) is 0 Å². The number of nitrogens with one attached hydrogen (secondary N) is 1. The molecule has 4 rings (SSSR count). The van der Waals surface area contributed by atoms with Gasteiger partial charge in [0.05, 0.1) is 12.7 Å². The molecule has 1 unspecified atom stereocenters. The predicted octanol–water partition coefficient (Wildman–Crippen LogP) is 1.58. The van der Waals surface area contributed by atoms with Crippen LogP contribution in [0.4, 0.5) is 13.2 Å². The van der Waals surface area contributed by atoms with Crippen LogP contribution in [0.3, 0.4) is 0 Å². The van der Waals surface area contributed by atoms with Crippen molar-refractivity contribution >= 4 is 11.9 Å². The number of carboxylic acid groups (broad SMARTS) is 1. The summed E-state index contributed by atoms with van der Waals surface area (Å²) in [4.78, 5) is 36.1. The zero-order valence-electron chi connectivity index (χ0n) is 16.6. The first kappa shape index (κ1) is 22.7. The molecule has 0 bridgehead atoms. The first-order chi connectivity index (χ1) is 14.7. The molecule has 2 aromatic heterocycles. The summed E-state index contributed by atoms with van der Waals surface area (Å²) in [7, 11) is 0. The van der Waals surface area contributed by atoms with Gasteiger partial charge in [0, 0.05) is 56.9 Å². The maximum absolute atomic E-state index is 12.2. The molecule has 12 heteroatoms. The second kappa shape index (κ2) is 9.86. The summed E-state index contributed by atoms with van der Waals surface area (Å²) in [5.41, 5.74) is 0.365. The van der Waals surface area contributed by atoms with Gasteiger partial charge in [0.15, 0.2) is 0 Å². The van der Waals surface area contributed by atoms with Gasteiger partial charge in [-0.3, -0.25) is 14.7 Å². The summed E-state index contributed by atoms with van der Waals surface area (Å²) in [5, 5.41) is 10.1. The smallest absolute Gasteiger partial charge is 0.475 e. The van der Waals surface area contributed by atoms with E-state index in [0.717, 1.165) is 37.9 Å². The van der Waals surface area contributed by atoms with E-state index in [1.165, 1.54) is 25.2 Å². The third-order valence-corrected chi connectivity index (χ3v) is 4.94. The van der Waals surface area contributed by atoms with Crippen LogP contribution >= 0.6 is 0 Å². The van der Waals surface area contributed by atoms with Crippen molar-refractivity contribution in [1.29, 1.82) is 0 Å². The quantitative estimate of drug-likeness (QED) is 0.726.